The van der Waals surface area contributed by atoms with Crippen LogP contribution in [-0.4, -0.2) is 43.1 Å². The molecule has 2 rings (SSSR count). The number of anilines is 1. The number of rotatable bonds is 7. The Bertz CT molecular complexity index is 676. The van der Waals surface area contributed by atoms with E-state index in [1.54, 1.807) is 0 Å². The molecule has 1 unspecified atom stereocenters. The molecule has 1 aromatic heterocycles. The molecule has 8 nitrogen and oxygen atoms in total. The highest BCUT2D eigenvalue weighted by Gasteiger charge is 2.22. The minimum Gasteiger partial charge on any atom is -0.480 e. The number of aryl methyl sites for hydroxylation is 1. The molecule has 1 amide bonds. The summed E-state index contributed by atoms with van der Waals surface area (Å²) in [7, 11) is 0. The van der Waals surface area contributed by atoms with Crippen molar-refractivity contribution in [1.82, 2.24) is 20.2 Å². The fraction of sp³-hybridized carbons (Fsp3) is 0.357. The van der Waals surface area contributed by atoms with Crippen molar-refractivity contribution < 1.29 is 14.7 Å². The predicted molar refractivity (Wildman–Crippen MR) is 86.3 cm³/mol. The van der Waals surface area contributed by atoms with E-state index in [1.165, 1.54) is 11.8 Å². The second-order valence-corrected chi connectivity index (χ2v) is 5.16. The van der Waals surface area contributed by atoms with Crippen LogP contribution in [0.3, 0.4) is 0 Å². The van der Waals surface area contributed by atoms with Gasteiger partial charge in [0.05, 0.1) is 5.88 Å². The summed E-state index contributed by atoms with van der Waals surface area (Å²) in [4.78, 5) is 25.4. The van der Waals surface area contributed by atoms with Crippen molar-refractivity contribution in [3.63, 3.8) is 0 Å². The fourth-order valence-corrected chi connectivity index (χ4v) is 2.16. The van der Waals surface area contributed by atoms with Gasteiger partial charge in [0.2, 0.25) is 5.91 Å². The largest absolute Gasteiger partial charge is 0.480 e. The van der Waals surface area contributed by atoms with E-state index in [9.17, 15) is 9.59 Å². The number of hydrogen-bond donors (Lipinski definition) is 2. The molecule has 23 heavy (non-hydrogen) atoms. The van der Waals surface area contributed by atoms with Crippen LogP contribution in [0.5, 0.6) is 0 Å². The molecule has 0 fully saturated rings. The second-order valence-electron chi connectivity index (χ2n) is 4.87. The van der Waals surface area contributed by atoms with E-state index < -0.39 is 12.0 Å². The first-order valence-electron chi connectivity index (χ1n) is 7.00. The van der Waals surface area contributed by atoms with Crippen LogP contribution in [0.4, 0.5) is 5.95 Å². The minimum absolute atomic E-state index is 0.0474. The standard InChI is InChI=1S/C14H17N5O3S/c1-10(13(21)22)19-16-14(15-17-19)18(9-23)12(20)8-7-11-5-3-2-4-6-11/h2-6,10,23H,7-9H2,1H3,(H,21,22). The second kappa shape index (κ2) is 7.73. The lowest BCUT2D eigenvalue weighted by Crippen LogP contribution is -2.31. The topological polar surface area (TPSA) is 101 Å². The molecule has 0 bridgehead atoms. The molecular formula is C14H17N5O3S. The lowest BCUT2D eigenvalue weighted by Gasteiger charge is -2.15. The first-order chi connectivity index (χ1) is 11.0. The van der Waals surface area contributed by atoms with Crippen LogP contribution in [0.1, 0.15) is 24.9 Å². The molecule has 0 aliphatic rings. The number of carbonyl (C=O) groups excluding carboxylic acids is 1. The Kier molecular flexibility index (Phi) is 5.69. The van der Waals surface area contributed by atoms with Gasteiger partial charge in [-0.3, -0.25) is 9.69 Å². The summed E-state index contributed by atoms with van der Waals surface area (Å²) in [6.07, 6.45) is 0.858. The zero-order chi connectivity index (χ0) is 16.8. The number of benzene rings is 1. The van der Waals surface area contributed by atoms with E-state index in [0.29, 0.717) is 6.42 Å². The van der Waals surface area contributed by atoms with Gasteiger partial charge in [-0.2, -0.15) is 12.6 Å². The minimum atomic E-state index is -1.08. The number of aliphatic carboxylic acids is 1. The average molecular weight is 335 g/mol. The van der Waals surface area contributed by atoms with Crippen molar-refractivity contribution in [2.45, 2.75) is 25.8 Å². The van der Waals surface area contributed by atoms with E-state index in [1.807, 2.05) is 30.3 Å². The van der Waals surface area contributed by atoms with Crippen molar-refractivity contribution in [3.05, 3.63) is 35.9 Å². The summed E-state index contributed by atoms with van der Waals surface area (Å²) in [5.41, 5.74) is 1.05. The van der Waals surface area contributed by atoms with Crippen LogP contribution >= 0.6 is 12.6 Å². The molecule has 2 aromatic rings. The fourth-order valence-electron chi connectivity index (χ4n) is 1.87. The van der Waals surface area contributed by atoms with Crippen LogP contribution < -0.4 is 4.90 Å². The third-order valence-corrected chi connectivity index (χ3v) is 3.56. The first kappa shape index (κ1) is 16.9. The number of thiol groups is 1. The Labute approximate surface area is 138 Å². The number of carboxylic acids is 1. The smallest absolute Gasteiger partial charge is 0.330 e. The van der Waals surface area contributed by atoms with E-state index in [4.69, 9.17) is 5.11 Å². The van der Waals surface area contributed by atoms with Crippen LogP contribution in [0, 0.1) is 0 Å². The SMILES string of the molecule is CC(C(=O)O)n1nnc(N(CS)C(=O)CCc2ccccc2)n1. The van der Waals surface area contributed by atoms with Crippen molar-refractivity contribution >= 4 is 30.5 Å². The molecule has 0 aliphatic heterocycles. The molecule has 0 saturated heterocycles. The summed E-state index contributed by atoms with van der Waals surface area (Å²) < 4.78 is 0. The van der Waals surface area contributed by atoms with Crippen molar-refractivity contribution in [3.8, 4) is 0 Å². The van der Waals surface area contributed by atoms with Gasteiger partial charge in [0.15, 0.2) is 6.04 Å². The third kappa shape index (κ3) is 4.28. The van der Waals surface area contributed by atoms with Gasteiger partial charge in [-0.15, -0.1) is 9.90 Å². The molecule has 1 aromatic carbocycles. The zero-order valence-electron chi connectivity index (χ0n) is 12.5. The molecule has 0 radical (unpaired) electrons. The summed E-state index contributed by atoms with van der Waals surface area (Å²) in [6, 6.07) is 8.67. The lowest BCUT2D eigenvalue weighted by molar-refractivity contribution is -0.141. The molecule has 1 atom stereocenters. The maximum Gasteiger partial charge on any atom is 0.330 e. The highest BCUT2D eigenvalue weighted by Crippen LogP contribution is 2.12. The Morgan fingerprint density at radius 3 is 2.65 bits per heavy atom. The van der Waals surface area contributed by atoms with Gasteiger partial charge >= 0.3 is 5.97 Å². The molecule has 0 aliphatic carbocycles. The van der Waals surface area contributed by atoms with Gasteiger partial charge in [0.1, 0.15) is 0 Å². The van der Waals surface area contributed by atoms with Crippen LogP contribution in [-0.2, 0) is 16.0 Å². The molecule has 122 valence electrons. The van der Waals surface area contributed by atoms with Gasteiger partial charge < -0.3 is 5.11 Å². The number of amides is 1. The maximum atomic E-state index is 12.3. The normalized spacial score (nSPS) is 11.9. The third-order valence-electron chi connectivity index (χ3n) is 3.28. The first-order valence-corrected chi connectivity index (χ1v) is 7.63. The number of tetrazole rings is 1. The van der Waals surface area contributed by atoms with Crippen molar-refractivity contribution in [2.24, 2.45) is 0 Å². The molecular weight excluding hydrogens is 318 g/mol. The number of carbonyl (C=O) groups is 2. The maximum absolute atomic E-state index is 12.3. The van der Waals surface area contributed by atoms with Crippen molar-refractivity contribution in [2.75, 3.05) is 10.8 Å². The summed E-state index contributed by atoms with van der Waals surface area (Å²) in [5.74, 6) is -1.15. The van der Waals surface area contributed by atoms with Gasteiger partial charge in [-0.25, -0.2) is 4.79 Å². The Balaban J connectivity index is 2.04. The van der Waals surface area contributed by atoms with Crippen LogP contribution in [0.15, 0.2) is 30.3 Å². The quantitative estimate of drug-likeness (QED) is 0.582. The monoisotopic (exact) mass is 335 g/mol. The highest BCUT2D eigenvalue weighted by atomic mass is 32.1. The Morgan fingerprint density at radius 2 is 2.04 bits per heavy atom. The van der Waals surface area contributed by atoms with E-state index in [2.05, 4.69) is 28.0 Å². The zero-order valence-corrected chi connectivity index (χ0v) is 13.4. The molecule has 1 N–H and O–H groups in total. The van der Waals surface area contributed by atoms with Gasteiger partial charge in [0, 0.05) is 6.42 Å². The molecule has 9 heteroatoms. The van der Waals surface area contributed by atoms with Gasteiger partial charge in [0.25, 0.3) is 5.95 Å². The number of nitrogens with zero attached hydrogens (tertiary/aromatic N) is 5. The van der Waals surface area contributed by atoms with Gasteiger partial charge in [-0.1, -0.05) is 35.4 Å². The lowest BCUT2D eigenvalue weighted by atomic mass is 10.1. The molecule has 0 saturated carbocycles. The predicted octanol–water partition coefficient (Wildman–Crippen LogP) is 1.17. The van der Waals surface area contributed by atoms with Crippen molar-refractivity contribution in [1.29, 1.82) is 0 Å². The van der Waals surface area contributed by atoms with Gasteiger partial charge in [-0.05, 0) is 24.1 Å². The Hall–Kier alpha value is -2.42. The highest BCUT2D eigenvalue weighted by molar-refractivity contribution is 7.80. The van der Waals surface area contributed by atoms with E-state index >= 15 is 0 Å². The summed E-state index contributed by atoms with van der Waals surface area (Å²) >= 11 is 4.12. The van der Waals surface area contributed by atoms with E-state index in [0.717, 1.165) is 10.4 Å². The number of hydrogen-bond acceptors (Lipinski definition) is 6. The number of carboxylic acid groups (broad SMARTS) is 1. The molecule has 0 spiro atoms. The molecule has 1 heterocycles. The summed E-state index contributed by atoms with van der Waals surface area (Å²) in [5, 5.41) is 20.3. The average Bonchev–Trinajstić information content (AvgIpc) is 3.03. The summed E-state index contributed by atoms with van der Waals surface area (Å²) in [6.45, 7) is 1.43. The van der Waals surface area contributed by atoms with Crippen LogP contribution in [0.2, 0.25) is 0 Å². The van der Waals surface area contributed by atoms with Crippen LogP contribution in [0.25, 0.3) is 0 Å². The Morgan fingerprint density at radius 1 is 1.35 bits per heavy atom. The van der Waals surface area contributed by atoms with E-state index in [-0.39, 0.29) is 24.2 Å². The number of aromatic nitrogens is 4.